The van der Waals surface area contributed by atoms with Crippen molar-refractivity contribution in [2.75, 3.05) is 13.1 Å². The highest BCUT2D eigenvalue weighted by atomic mass is 35.5. The number of aliphatic hydroxyl groups excluding tert-OH is 1. The fourth-order valence-corrected chi connectivity index (χ4v) is 3.11. The third kappa shape index (κ3) is 7.13. The first kappa shape index (κ1) is 22.8. The number of halogens is 1. The van der Waals surface area contributed by atoms with Crippen LogP contribution in [0.15, 0.2) is 67.3 Å². The van der Waals surface area contributed by atoms with E-state index < -0.39 is 11.0 Å². The number of nitro groups is 1. The highest BCUT2D eigenvalue weighted by Gasteiger charge is 2.22. The maximum absolute atomic E-state index is 10.9. The molecule has 146 valence electrons. The van der Waals surface area contributed by atoms with E-state index in [-0.39, 0.29) is 18.1 Å². The summed E-state index contributed by atoms with van der Waals surface area (Å²) in [5.74, 6) is 0. The molecule has 0 aliphatic carbocycles. The number of aryl methyl sites for hydroxylation is 1. The Morgan fingerprint density at radius 2 is 1.93 bits per heavy atom. The molecule has 0 saturated heterocycles. The minimum absolute atomic E-state index is 0. The Morgan fingerprint density at radius 3 is 2.56 bits per heavy atom. The number of hydrogen-bond donors (Lipinski definition) is 2. The Balaban J connectivity index is 0.00000364. The van der Waals surface area contributed by atoms with Crippen LogP contribution in [0.2, 0.25) is 0 Å². The summed E-state index contributed by atoms with van der Waals surface area (Å²) in [5.41, 5.74) is 1.89. The van der Waals surface area contributed by atoms with Crippen molar-refractivity contribution in [2.24, 2.45) is 0 Å². The van der Waals surface area contributed by atoms with Gasteiger partial charge in [0.2, 0.25) is 0 Å². The number of non-ortho nitro benzene ring substituents is 1. The van der Waals surface area contributed by atoms with Crippen molar-refractivity contribution in [3.8, 4) is 0 Å². The lowest BCUT2D eigenvalue weighted by Gasteiger charge is -2.27. The molecule has 2 aromatic carbocycles. The molecule has 2 N–H and O–H groups in total. The van der Waals surface area contributed by atoms with Crippen molar-refractivity contribution in [1.82, 2.24) is 0 Å². The molecule has 2 rings (SSSR count). The van der Waals surface area contributed by atoms with Crippen molar-refractivity contribution in [3.63, 3.8) is 0 Å². The molecule has 2 aromatic rings. The van der Waals surface area contributed by atoms with E-state index in [0.29, 0.717) is 18.2 Å². The fourth-order valence-electron chi connectivity index (χ4n) is 3.11. The maximum Gasteiger partial charge on any atom is 0.269 e. The lowest BCUT2D eigenvalue weighted by atomic mass is 10.0. The summed E-state index contributed by atoms with van der Waals surface area (Å²) in [6, 6.07) is 16.9. The molecule has 5 nitrogen and oxygen atoms in total. The number of nitro benzene ring substituents is 1. The van der Waals surface area contributed by atoms with Crippen molar-refractivity contribution in [1.29, 1.82) is 0 Å². The largest absolute Gasteiger partial charge is 1.00 e. The summed E-state index contributed by atoms with van der Waals surface area (Å²) in [5, 5.41) is 21.5. The van der Waals surface area contributed by atoms with Gasteiger partial charge in [0.15, 0.2) is 0 Å². The number of quaternary nitrogens is 1. The van der Waals surface area contributed by atoms with Gasteiger partial charge < -0.3 is 22.4 Å². The molecule has 3 atom stereocenters. The number of rotatable bonds is 10. The van der Waals surface area contributed by atoms with E-state index in [2.05, 4.69) is 25.6 Å². The van der Waals surface area contributed by atoms with E-state index >= 15 is 0 Å². The van der Waals surface area contributed by atoms with Crippen LogP contribution in [-0.2, 0) is 6.42 Å². The zero-order chi connectivity index (χ0) is 18.9. The van der Waals surface area contributed by atoms with Gasteiger partial charge in [0, 0.05) is 18.6 Å². The van der Waals surface area contributed by atoms with Gasteiger partial charge in [-0.1, -0.05) is 49.0 Å². The second kappa shape index (κ2) is 11.5. The number of nitrogens with zero attached hydrogens (tertiary/aromatic N) is 1. The van der Waals surface area contributed by atoms with Crippen LogP contribution in [0.4, 0.5) is 5.69 Å². The Bertz CT molecular complexity index is 724. The molecule has 0 heterocycles. The Kier molecular flexibility index (Phi) is 9.72. The maximum atomic E-state index is 10.9. The molecule has 0 aromatic heterocycles. The van der Waals surface area contributed by atoms with Crippen LogP contribution in [0.1, 0.15) is 30.6 Å². The Morgan fingerprint density at radius 1 is 1.22 bits per heavy atom. The molecular weight excluding hydrogens is 364 g/mol. The summed E-state index contributed by atoms with van der Waals surface area (Å²) < 4.78 is 0. The fraction of sp³-hybridized carbons (Fsp3) is 0.333. The molecule has 0 fully saturated rings. The number of aliphatic hydroxyl groups is 1. The molecule has 27 heavy (non-hydrogen) atoms. The van der Waals surface area contributed by atoms with Crippen LogP contribution >= 0.6 is 0 Å². The summed E-state index contributed by atoms with van der Waals surface area (Å²) >= 11 is 0. The summed E-state index contributed by atoms with van der Waals surface area (Å²) in [7, 11) is 0. The first-order valence-electron chi connectivity index (χ1n) is 8.93. The average Bonchev–Trinajstić information content (AvgIpc) is 2.66. The summed E-state index contributed by atoms with van der Waals surface area (Å²) in [6.07, 6.45) is 3.09. The smallest absolute Gasteiger partial charge is 0.269 e. The lowest BCUT2D eigenvalue weighted by molar-refractivity contribution is -0.921. The van der Waals surface area contributed by atoms with Gasteiger partial charge in [-0.3, -0.25) is 10.1 Å². The van der Waals surface area contributed by atoms with Gasteiger partial charge in [-0.15, -0.1) is 0 Å². The SMILES string of the molecule is C=CC[NH+](CC(O)c1cccc([N+](=O)[O-])c1)C(C)CCc1ccccc1.[Cl-]. The number of hydrogen-bond acceptors (Lipinski definition) is 3. The zero-order valence-electron chi connectivity index (χ0n) is 15.6. The highest BCUT2D eigenvalue weighted by molar-refractivity contribution is 5.35. The van der Waals surface area contributed by atoms with Crippen molar-refractivity contribution in [3.05, 3.63) is 88.5 Å². The van der Waals surface area contributed by atoms with Crippen LogP contribution in [0, 0.1) is 10.1 Å². The van der Waals surface area contributed by atoms with E-state index in [1.54, 1.807) is 12.1 Å². The standard InChI is InChI=1S/C21H26N2O3.ClH/c1-3-14-22(17(2)12-13-18-8-5-4-6-9-18)16-21(24)19-10-7-11-20(15-19)23(25)26;/h3-11,15,17,21,24H,1,12-14,16H2,2H3;1H. The van der Waals surface area contributed by atoms with E-state index in [1.165, 1.54) is 22.6 Å². The second-order valence-corrected chi connectivity index (χ2v) is 6.65. The molecule has 0 aliphatic rings. The monoisotopic (exact) mass is 390 g/mol. The molecular formula is C21H27ClN2O3. The van der Waals surface area contributed by atoms with Crippen molar-refractivity contribution >= 4 is 5.69 Å². The van der Waals surface area contributed by atoms with Gasteiger partial charge >= 0.3 is 0 Å². The minimum atomic E-state index is -0.746. The molecule has 0 bridgehead atoms. The van der Waals surface area contributed by atoms with Crippen LogP contribution in [-0.4, -0.2) is 29.2 Å². The van der Waals surface area contributed by atoms with E-state index in [9.17, 15) is 15.2 Å². The predicted octanol–water partition coefficient (Wildman–Crippen LogP) is -0.276. The zero-order valence-corrected chi connectivity index (χ0v) is 16.3. The summed E-state index contributed by atoms with van der Waals surface area (Å²) in [4.78, 5) is 11.7. The van der Waals surface area contributed by atoms with Gasteiger partial charge in [0.05, 0.1) is 17.5 Å². The molecule has 0 saturated carbocycles. The quantitative estimate of drug-likeness (QED) is 0.333. The Hall–Kier alpha value is -2.21. The third-order valence-electron chi connectivity index (χ3n) is 4.73. The molecule has 0 radical (unpaired) electrons. The van der Waals surface area contributed by atoms with Crippen molar-refractivity contribution in [2.45, 2.75) is 31.9 Å². The van der Waals surface area contributed by atoms with Crippen molar-refractivity contribution < 1.29 is 27.3 Å². The van der Waals surface area contributed by atoms with Gasteiger partial charge in [-0.05, 0) is 30.5 Å². The minimum Gasteiger partial charge on any atom is -1.00 e. The van der Waals surface area contributed by atoms with Gasteiger partial charge in [0.25, 0.3) is 5.69 Å². The molecule has 0 aliphatic heterocycles. The lowest BCUT2D eigenvalue weighted by Crippen LogP contribution is -3.15. The van der Waals surface area contributed by atoms with Gasteiger partial charge in [-0.25, -0.2) is 0 Å². The van der Waals surface area contributed by atoms with E-state index in [1.807, 2.05) is 24.3 Å². The Labute approximate surface area is 166 Å². The second-order valence-electron chi connectivity index (χ2n) is 6.65. The average molecular weight is 391 g/mol. The topological polar surface area (TPSA) is 67.8 Å². The normalized spacial score (nSPS) is 13.9. The van der Waals surface area contributed by atoms with Crippen LogP contribution in [0.25, 0.3) is 0 Å². The third-order valence-corrected chi connectivity index (χ3v) is 4.73. The van der Waals surface area contributed by atoms with E-state index in [4.69, 9.17) is 0 Å². The highest BCUT2D eigenvalue weighted by Crippen LogP contribution is 2.18. The number of nitrogens with one attached hydrogen (secondary N) is 1. The van der Waals surface area contributed by atoms with Gasteiger partial charge in [0.1, 0.15) is 12.6 Å². The first-order chi connectivity index (χ1) is 12.5. The van der Waals surface area contributed by atoms with Crippen LogP contribution in [0.5, 0.6) is 0 Å². The molecule has 0 spiro atoms. The van der Waals surface area contributed by atoms with Crippen LogP contribution in [0.3, 0.4) is 0 Å². The molecule has 0 amide bonds. The van der Waals surface area contributed by atoms with E-state index in [0.717, 1.165) is 19.4 Å². The van der Waals surface area contributed by atoms with Crippen LogP contribution < -0.4 is 17.3 Å². The first-order valence-corrected chi connectivity index (χ1v) is 8.93. The molecule has 6 heteroatoms. The van der Waals surface area contributed by atoms with Gasteiger partial charge in [-0.2, -0.15) is 0 Å². The molecule has 3 unspecified atom stereocenters. The summed E-state index contributed by atoms with van der Waals surface area (Å²) in [6.45, 7) is 7.22. The predicted molar refractivity (Wildman–Crippen MR) is 103 cm³/mol. The number of benzene rings is 2.